The molecular weight excluding hydrogens is 432 g/mol. The van der Waals surface area contributed by atoms with Gasteiger partial charge in [-0.3, -0.25) is 0 Å². The van der Waals surface area contributed by atoms with Crippen molar-refractivity contribution in [2.75, 3.05) is 20.1 Å². The Bertz CT molecular complexity index is 897. The molecule has 2 aromatic carbocycles. The molecule has 0 saturated heterocycles. The summed E-state index contributed by atoms with van der Waals surface area (Å²) >= 11 is 1.13. The highest BCUT2D eigenvalue weighted by molar-refractivity contribution is 7.97. The summed E-state index contributed by atoms with van der Waals surface area (Å²) in [6.45, 7) is 5.00. The molecule has 0 saturated carbocycles. The number of alkyl halides is 3. The van der Waals surface area contributed by atoms with Crippen molar-refractivity contribution in [3.05, 3.63) is 59.2 Å². The number of hydrogen-bond acceptors (Lipinski definition) is 4. The highest BCUT2D eigenvalue weighted by Gasteiger charge is 2.31. The maximum absolute atomic E-state index is 13.0. The molecule has 0 amide bonds. The first kappa shape index (κ1) is 25.2. The summed E-state index contributed by atoms with van der Waals surface area (Å²) in [5.74, 6) is 0.580. The number of β-amino-alcohol motifs (C(OH)–C–C–N with tert-alkyl or cyclic N) is 1. The van der Waals surface area contributed by atoms with Crippen LogP contribution in [0.25, 0.3) is 0 Å². The van der Waals surface area contributed by atoms with Crippen molar-refractivity contribution in [2.24, 2.45) is 5.92 Å². The fraction of sp³-hybridized carbons (Fsp3) is 0.500. The van der Waals surface area contributed by atoms with Gasteiger partial charge in [0, 0.05) is 23.5 Å². The molecule has 0 aromatic heterocycles. The van der Waals surface area contributed by atoms with Crippen LogP contribution >= 0.6 is 11.9 Å². The zero-order valence-electron chi connectivity index (χ0n) is 18.7. The topological polar surface area (TPSA) is 35.5 Å². The van der Waals surface area contributed by atoms with Crippen LogP contribution in [-0.2, 0) is 19.0 Å². The Hall–Kier alpha value is -1.48. The number of likely N-dealkylation sites (N-methyl/N-ethyl adjacent to an activating group) is 1. The zero-order chi connectivity index (χ0) is 23.5. The number of aliphatic hydroxyl groups is 1. The van der Waals surface area contributed by atoms with Gasteiger partial charge in [0.05, 0.1) is 11.7 Å². The third-order valence-corrected chi connectivity index (χ3v) is 6.64. The molecule has 2 aromatic rings. The lowest BCUT2D eigenvalue weighted by Gasteiger charge is -2.31. The Labute approximate surface area is 194 Å². The number of halogens is 3. The molecule has 0 heterocycles. The van der Waals surface area contributed by atoms with Crippen LogP contribution in [0.4, 0.5) is 13.2 Å². The molecule has 1 atom stereocenters. The molecule has 3 nitrogen and oxygen atoms in total. The Morgan fingerprint density at radius 3 is 2.38 bits per heavy atom. The number of rotatable bonds is 9. The van der Waals surface area contributed by atoms with Crippen molar-refractivity contribution in [3.63, 3.8) is 0 Å². The first-order valence-corrected chi connectivity index (χ1v) is 11.6. The Morgan fingerprint density at radius 2 is 1.78 bits per heavy atom. The molecule has 0 aliphatic heterocycles. The lowest BCUT2D eigenvalue weighted by atomic mass is 9.88. The van der Waals surface area contributed by atoms with Crippen molar-refractivity contribution in [1.29, 1.82) is 0 Å². The molecule has 172 valence electrons. The summed E-state index contributed by atoms with van der Waals surface area (Å²) in [6, 6.07) is 12.1. The molecule has 0 bridgehead atoms. The van der Waals surface area contributed by atoms with E-state index in [9.17, 15) is 18.3 Å². The monoisotopic (exact) mass is 462 g/mol. The van der Waals surface area contributed by atoms with Crippen molar-refractivity contribution in [1.82, 2.24) is 9.62 Å². The Balaban J connectivity index is 1.46. The second-order valence-corrected chi connectivity index (χ2v) is 10.6. The van der Waals surface area contributed by atoms with E-state index in [1.165, 1.54) is 17.2 Å². The van der Waals surface area contributed by atoms with E-state index in [-0.39, 0.29) is 11.0 Å². The second kappa shape index (κ2) is 10.2. The number of hydrogen-bond donors (Lipinski definition) is 2. The number of fused-ring (bicyclic) bond motifs is 1. The van der Waals surface area contributed by atoms with E-state index in [4.69, 9.17) is 7.85 Å². The maximum Gasteiger partial charge on any atom is 0.416 e. The van der Waals surface area contributed by atoms with E-state index in [2.05, 4.69) is 43.4 Å². The average molecular weight is 462 g/mol. The number of aliphatic hydroxyl groups excluding tert-OH is 1. The zero-order valence-corrected chi connectivity index (χ0v) is 19.6. The number of nitrogens with zero attached hydrogens (tertiary/aromatic N) is 1. The quantitative estimate of drug-likeness (QED) is 0.437. The molecule has 3 rings (SSSR count). The summed E-state index contributed by atoms with van der Waals surface area (Å²) in [6.07, 6.45) is -1.93. The molecule has 1 aliphatic rings. The minimum Gasteiger partial charge on any atom is -0.390 e. The van der Waals surface area contributed by atoms with Crippen LogP contribution in [0.3, 0.4) is 0 Å². The van der Waals surface area contributed by atoms with Gasteiger partial charge in [0.1, 0.15) is 7.85 Å². The summed E-state index contributed by atoms with van der Waals surface area (Å²) < 4.78 is 40.7. The fourth-order valence-corrected chi connectivity index (χ4v) is 5.37. The third-order valence-electron chi connectivity index (χ3n) is 5.74. The second-order valence-electron chi connectivity index (χ2n) is 9.36. The number of nitrogens with one attached hydrogen (secondary N) is 1. The van der Waals surface area contributed by atoms with Crippen LogP contribution < -0.4 is 10.8 Å². The van der Waals surface area contributed by atoms with Gasteiger partial charge in [-0.05, 0) is 75.2 Å². The summed E-state index contributed by atoms with van der Waals surface area (Å²) in [7, 11) is 7.37. The van der Waals surface area contributed by atoms with Gasteiger partial charge in [0.2, 0.25) is 0 Å². The van der Waals surface area contributed by atoms with Crippen LogP contribution in [0.5, 0.6) is 0 Å². The van der Waals surface area contributed by atoms with Crippen LogP contribution in [-0.4, -0.2) is 49.0 Å². The van der Waals surface area contributed by atoms with Gasteiger partial charge in [-0.15, -0.1) is 0 Å². The molecule has 2 radical (unpaired) electrons. The molecule has 0 unspecified atom stereocenters. The first-order chi connectivity index (χ1) is 14.9. The SMILES string of the molecule is [B]c1cc(SN(C)C[C@H](O)CNC(C)(C)CC2Cc3ccccc3C2)cc(C(F)(F)F)c1. The van der Waals surface area contributed by atoms with Gasteiger partial charge in [-0.25, -0.2) is 4.31 Å². The van der Waals surface area contributed by atoms with Crippen LogP contribution in [0.2, 0.25) is 0 Å². The molecule has 2 N–H and O–H groups in total. The highest BCUT2D eigenvalue weighted by Crippen LogP contribution is 2.33. The first-order valence-electron chi connectivity index (χ1n) is 10.8. The van der Waals surface area contributed by atoms with E-state index >= 15 is 0 Å². The van der Waals surface area contributed by atoms with Gasteiger partial charge < -0.3 is 10.4 Å². The van der Waals surface area contributed by atoms with Crippen LogP contribution in [0.1, 0.15) is 37.0 Å². The van der Waals surface area contributed by atoms with Gasteiger partial charge in [0.25, 0.3) is 0 Å². The van der Waals surface area contributed by atoms with E-state index in [1.54, 1.807) is 11.4 Å². The largest absolute Gasteiger partial charge is 0.416 e. The fourth-order valence-electron chi connectivity index (χ4n) is 4.40. The molecule has 0 spiro atoms. The Morgan fingerprint density at radius 1 is 1.16 bits per heavy atom. The Kier molecular flexibility index (Phi) is 8.02. The van der Waals surface area contributed by atoms with Crippen molar-refractivity contribution < 1.29 is 18.3 Å². The third kappa shape index (κ3) is 7.27. The van der Waals surface area contributed by atoms with Crippen LogP contribution in [0.15, 0.2) is 47.4 Å². The van der Waals surface area contributed by atoms with Gasteiger partial charge in [-0.1, -0.05) is 41.9 Å². The standard InChI is InChI=1S/C24H30BF3N2OS/c1-23(2,13-16-8-17-6-4-5-7-18(17)9-16)29-14-21(31)15-30(3)32-22-11-19(24(26,27)28)10-20(25)12-22/h4-7,10-12,16,21,29,31H,8-9,13-15H2,1-3H3/t21-/m1/s1. The molecular formula is C24H30BF3N2OS. The summed E-state index contributed by atoms with van der Waals surface area (Å²) in [5, 5.41) is 13.9. The highest BCUT2D eigenvalue weighted by atomic mass is 32.2. The van der Waals surface area contributed by atoms with Gasteiger partial charge in [-0.2, -0.15) is 13.2 Å². The predicted octanol–water partition coefficient (Wildman–Crippen LogP) is 3.97. The average Bonchev–Trinajstić information content (AvgIpc) is 3.06. The van der Waals surface area contributed by atoms with E-state index in [0.717, 1.165) is 43.3 Å². The van der Waals surface area contributed by atoms with Gasteiger partial charge >= 0.3 is 6.18 Å². The van der Waals surface area contributed by atoms with E-state index < -0.39 is 17.8 Å². The van der Waals surface area contributed by atoms with E-state index in [1.807, 2.05) is 0 Å². The lowest BCUT2D eigenvalue weighted by molar-refractivity contribution is -0.137. The predicted molar refractivity (Wildman–Crippen MR) is 125 cm³/mol. The molecule has 1 aliphatic carbocycles. The van der Waals surface area contributed by atoms with E-state index in [0.29, 0.717) is 23.9 Å². The van der Waals surface area contributed by atoms with Crippen molar-refractivity contribution in [3.8, 4) is 0 Å². The van der Waals surface area contributed by atoms with Crippen LogP contribution in [0, 0.1) is 5.92 Å². The molecule has 32 heavy (non-hydrogen) atoms. The smallest absolute Gasteiger partial charge is 0.390 e. The molecule has 8 heteroatoms. The summed E-state index contributed by atoms with van der Waals surface area (Å²) in [4.78, 5) is 0.390. The van der Waals surface area contributed by atoms with Gasteiger partial charge in [0.15, 0.2) is 0 Å². The minimum absolute atomic E-state index is 0.0637. The lowest BCUT2D eigenvalue weighted by Crippen LogP contribution is -2.46. The minimum atomic E-state index is -4.45. The molecule has 0 fully saturated rings. The van der Waals surface area contributed by atoms with Crippen molar-refractivity contribution >= 4 is 25.3 Å². The van der Waals surface area contributed by atoms with Crippen molar-refractivity contribution in [2.45, 2.75) is 55.8 Å². The number of benzene rings is 2. The normalized spacial score (nSPS) is 15.9. The summed E-state index contributed by atoms with van der Waals surface area (Å²) in [5.41, 5.74) is 2.03. The maximum atomic E-state index is 13.0.